The van der Waals surface area contributed by atoms with Gasteiger partial charge in [-0.1, -0.05) is 30.8 Å². The van der Waals surface area contributed by atoms with E-state index in [0.29, 0.717) is 29.6 Å². The molecule has 2 aromatic carbocycles. The summed E-state index contributed by atoms with van der Waals surface area (Å²) >= 11 is 1.53. The van der Waals surface area contributed by atoms with Crippen LogP contribution in [0.5, 0.6) is 11.5 Å². The summed E-state index contributed by atoms with van der Waals surface area (Å²) in [5, 5.41) is 10.8. The molecule has 1 saturated heterocycles. The maximum atomic E-state index is 13.2. The number of nitrogens with zero attached hydrogens (tertiary/aromatic N) is 3. The van der Waals surface area contributed by atoms with Gasteiger partial charge in [0.2, 0.25) is 5.91 Å². The summed E-state index contributed by atoms with van der Waals surface area (Å²) in [6.45, 7) is 2.58. The molecular formula is C24H25N3O3S. The van der Waals surface area contributed by atoms with Gasteiger partial charge >= 0.3 is 0 Å². The van der Waals surface area contributed by atoms with Gasteiger partial charge in [0, 0.05) is 23.6 Å². The lowest BCUT2D eigenvalue weighted by Crippen LogP contribution is -2.47. The minimum Gasteiger partial charge on any atom is -0.497 e. The summed E-state index contributed by atoms with van der Waals surface area (Å²) in [6, 6.07) is 16.3. The highest BCUT2D eigenvalue weighted by atomic mass is 32.2. The predicted molar refractivity (Wildman–Crippen MR) is 122 cm³/mol. The minimum atomic E-state index is -0.350. The number of carbonyl (C=O) groups excluding carboxylic acids is 1. The smallest absolute Gasteiger partial charge is 0.229 e. The lowest BCUT2D eigenvalue weighted by Gasteiger charge is -2.42. The van der Waals surface area contributed by atoms with E-state index in [9.17, 15) is 10.1 Å². The second kappa shape index (κ2) is 8.94. The molecule has 2 heterocycles. The molecule has 0 aliphatic carbocycles. The number of anilines is 1. The third-order valence-electron chi connectivity index (χ3n) is 5.82. The molecule has 2 aliphatic rings. The molecule has 160 valence electrons. The van der Waals surface area contributed by atoms with Gasteiger partial charge in [0.15, 0.2) is 0 Å². The number of rotatable bonds is 5. The van der Waals surface area contributed by atoms with Crippen LogP contribution in [0.25, 0.3) is 0 Å². The Labute approximate surface area is 187 Å². The summed E-state index contributed by atoms with van der Waals surface area (Å²) in [5.74, 6) is 1.66. The van der Waals surface area contributed by atoms with Crippen LogP contribution >= 0.6 is 11.8 Å². The largest absolute Gasteiger partial charge is 0.497 e. The van der Waals surface area contributed by atoms with Crippen LogP contribution in [-0.4, -0.2) is 37.6 Å². The van der Waals surface area contributed by atoms with Gasteiger partial charge < -0.3 is 14.4 Å². The molecule has 1 atom stereocenters. The molecular weight excluding hydrogens is 410 g/mol. The lowest BCUT2D eigenvalue weighted by atomic mass is 9.86. The maximum absolute atomic E-state index is 13.2. The highest BCUT2D eigenvalue weighted by Gasteiger charge is 2.39. The Morgan fingerprint density at radius 2 is 1.94 bits per heavy atom. The van der Waals surface area contributed by atoms with Crippen LogP contribution in [0.3, 0.4) is 0 Å². The van der Waals surface area contributed by atoms with E-state index in [1.165, 1.54) is 17.3 Å². The van der Waals surface area contributed by atoms with Crippen molar-refractivity contribution in [2.75, 3.05) is 31.7 Å². The van der Waals surface area contributed by atoms with Crippen LogP contribution in [0.4, 0.5) is 5.69 Å². The second-order valence-electron chi connectivity index (χ2n) is 7.49. The zero-order chi connectivity index (χ0) is 22.0. The van der Waals surface area contributed by atoms with Crippen LogP contribution in [0, 0.1) is 11.3 Å². The molecule has 0 N–H and O–H groups in total. The first-order chi connectivity index (χ1) is 15.1. The molecule has 7 heteroatoms. The quantitative estimate of drug-likeness (QED) is 0.690. The molecule has 1 amide bonds. The number of hydrogen-bond acceptors (Lipinski definition) is 6. The third-order valence-corrected chi connectivity index (χ3v) is 6.97. The summed E-state index contributed by atoms with van der Waals surface area (Å²) in [7, 11) is 3.19. The standard InChI is InChI=1S/C24H25N3O3S/c1-4-16-5-7-17(8-6-16)26-14-27-23(28)12-19(21(13-25)24(27)31-15-26)20-11-18(29-2)9-10-22(20)30-3/h5-11,19H,4,12,14-15H2,1-3H3/t19-/m0/s1. The number of thioether (sulfide) groups is 1. The number of nitriles is 1. The molecule has 0 unspecified atom stereocenters. The fraction of sp³-hybridized carbons (Fsp3) is 0.333. The zero-order valence-corrected chi connectivity index (χ0v) is 18.7. The van der Waals surface area contributed by atoms with Crippen molar-refractivity contribution >= 4 is 23.4 Å². The Morgan fingerprint density at radius 1 is 1.16 bits per heavy atom. The van der Waals surface area contributed by atoms with Gasteiger partial charge in [0.25, 0.3) is 0 Å². The van der Waals surface area contributed by atoms with Crippen molar-refractivity contribution < 1.29 is 14.3 Å². The molecule has 0 aromatic heterocycles. The van der Waals surface area contributed by atoms with Crippen LogP contribution < -0.4 is 14.4 Å². The van der Waals surface area contributed by atoms with Gasteiger partial charge in [-0.3, -0.25) is 9.69 Å². The van der Waals surface area contributed by atoms with E-state index < -0.39 is 0 Å². The molecule has 2 aromatic rings. The molecule has 0 bridgehead atoms. The summed E-state index contributed by atoms with van der Waals surface area (Å²) in [4.78, 5) is 17.1. The van der Waals surface area contributed by atoms with E-state index in [1.807, 2.05) is 18.2 Å². The average Bonchev–Trinajstić information content (AvgIpc) is 2.83. The number of methoxy groups -OCH3 is 2. The van der Waals surface area contributed by atoms with Crippen LogP contribution in [-0.2, 0) is 11.2 Å². The van der Waals surface area contributed by atoms with Crippen molar-refractivity contribution in [1.82, 2.24) is 4.90 Å². The van der Waals surface area contributed by atoms with E-state index in [4.69, 9.17) is 9.47 Å². The Kier molecular flexibility index (Phi) is 6.10. The van der Waals surface area contributed by atoms with Gasteiger partial charge in [0.1, 0.15) is 11.5 Å². The van der Waals surface area contributed by atoms with Crippen molar-refractivity contribution in [2.24, 2.45) is 0 Å². The fourth-order valence-electron chi connectivity index (χ4n) is 4.05. The van der Waals surface area contributed by atoms with Crippen LogP contribution in [0.2, 0.25) is 0 Å². The van der Waals surface area contributed by atoms with Gasteiger partial charge in [0.05, 0.1) is 43.4 Å². The van der Waals surface area contributed by atoms with Crippen molar-refractivity contribution in [3.05, 3.63) is 64.2 Å². The molecule has 2 aliphatic heterocycles. The number of amides is 1. The molecule has 0 radical (unpaired) electrons. The van der Waals surface area contributed by atoms with Crippen LogP contribution in [0.15, 0.2) is 53.1 Å². The summed E-state index contributed by atoms with van der Waals surface area (Å²) < 4.78 is 10.9. The normalized spacial score (nSPS) is 18.5. The van der Waals surface area contributed by atoms with E-state index in [1.54, 1.807) is 19.1 Å². The second-order valence-corrected chi connectivity index (χ2v) is 8.43. The predicted octanol–water partition coefficient (Wildman–Crippen LogP) is 4.49. The van der Waals surface area contributed by atoms with E-state index >= 15 is 0 Å². The molecule has 0 spiro atoms. The number of benzene rings is 2. The number of aryl methyl sites for hydroxylation is 1. The topological polar surface area (TPSA) is 65.8 Å². The van der Waals surface area contributed by atoms with Crippen molar-refractivity contribution in [3.8, 4) is 17.6 Å². The number of allylic oxidation sites excluding steroid dienone is 1. The molecule has 6 nitrogen and oxygen atoms in total. The number of carbonyl (C=O) groups is 1. The number of hydrogen-bond donors (Lipinski definition) is 0. The van der Waals surface area contributed by atoms with Gasteiger partial charge in [-0.25, -0.2) is 0 Å². The molecule has 31 heavy (non-hydrogen) atoms. The van der Waals surface area contributed by atoms with E-state index in [0.717, 1.165) is 22.7 Å². The number of fused-ring (bicyclic) bond motifs is 1. The average molecular weight is 436 g/mol. The highest BCUT2D eigenvalue weighted by Crippen LogP contribution is 2.46. The Morgan fingerprint density at radius 3 is 2.58 bits per heavy atom. The Balaban J connectivity index is 1.67. The maximum Gasteiger partial charge on any atom is 0.229 e. The first-order valence-electron chi connectivity index (χ1n) is 10.2. The Hall–Kier alpha value is -3.11. The zero-order valence-electron chi connectivity index (χ0n) is 17.9. The molecule has 4 rings (SSSR count). The monoisotopic (exact) mass is 435 g/mol. The van der Waals surface area contributed by atoms with E-state index in [-0.39, 0.29) is 18.2 Å². The van der Waals surface area contributed by atoms with Crippen molar-refractivity contribution in [1.29, 1.82) is 5.26 Å². The third kappa shape index (κ3) is 3.96. The SMILES string of the molecule is CCc1ccc(N2CSC3=C(C#N)[C@H](c4cc(OC)ccc4OC)CC(=O)N3C2)cc1. The highest BCUT2D eigenvalue weighted by molar-refractivity contribution is 8.03. The van der Waals surface area contributed by atoms with Crippen molar-refractivity contribution in [2.45, 2.75) is 25.7 Å². The summed E-state index contributed by atoms with van der Waals surface area (Å²) in [5.41, 5.74) is 3.77. The first kappa shape index (κ1) is 21.1. The molecule has 1 fully saturated rings. The minimum absolute atomic E-state index is 0.00579. The fourth-order valence-corrected chi connectivity index (χ4v) is 5.21. The van der Waals surface area contributed by atoms with Crippen LogP contribution in [0.1, 0.15) is 30.4 Å². The summed E-state index contributed by atoms with van der Waals surface area (Å²) in [6.07, 6.45) is 1.21. The van der Waals surface area contributed by atoms with E-state index in [2.05, 4.69) is 42.2 Å². The van der Waals surface area contributed by atoms with Crippen molar-refractivity contribution in [3.63, 3.8) is 0 Å². The Bertz CT molecular complexity index is 1060. The lowest BCUT2D eigenvalue weighted by molar-refractivity contribution is -0.129. The van der Waals surface area contributed by atoms with Gasteiger partial charge in [-0.05, 0) is 42.3 Å². The van der Waals surface area contributed by atoms with Gasteiger partial charge in [-0.15, -0.1) is 0 Å². The number of ether oxygens (including phenoxy) is 2. The molecule has 0 saturated carbocycles. The first-order valence-corrected chi connectivity index (χ1v) is 11.2. The van der Waals surface area contributed by atoms with Gasteiger partial charge in [-0.2, -0.15) is 5.26 Å².